The molecular formula is C9H11NO3. The highest BCUT2D eigenvalue weighted by atomic mass is 16.3. The van der Waals surface area contributed by atoms with E-state index in [1.807, 2.05) is 0 Å². The van der Waals surface area contributed by atoms with Gasteiger partial charge in [0.25, 0.3) is 0 Å². The molecule has 4 heteroatoms. The maximum Gasteiger partial charge on any atom is 0.183 e. The second-order valence-corrected chi connectivity index (χ2v) is 2.85. The lowest BCUT2D eigenvalue weighted by molar-refractivity contribution is 0.0965. The molecule has 0 saturated carbocycles. The van der Waals surface area contributed by atoms with Gasteiger partial charge in [0.2, 0.25) is 0 Å². The number of Topliss-reactive ketones (excluding diaryl/α,β-unsaturated/α-hetero) is 1. The van der Waals surface area contributed by atoms with Gasteiger partial charge in [0.05, 0.1) is 11.6 Å². The number of benzene rings is 1. The van der Waals surface area contributed by atoms with Crippen LogP contribution in [0.3, 0.4) is 0 Å². The van der Waals surface area contributed by atoms with Gasteiger partial charge in [0, 0.05) is 0 Å². The topological polar surface area (TPSA) is 83.6 Å². The highest BCUT2D eigenvalue weighted by Gasteiger charge is 2.15. The number of carbonyl (C=O) groups excluding carboxylic acids is 1. The quantitative estimate of drug-likeness (QED) is 0.461. The fourth-order valence-corrected chi connectivity index (χ4v) is 0.967. The summed E-state index contributed by atoms with van der Waals surface area (Å²) in [5.74, 6) is -0.629. The molecule has 0 bridgehead atoms. The minimum Gasteiger partial charge on any atom is -0.508 e. The maximum absolute atomic E-state index is 11.3. The Morgan fingerprint density at radius 1 is 1.46 bits per heavy atom. The number of carbonyl (C=O) groups is 1. The first-order chi connectivity index (χ1) is 6.02. The zero-order chi connectivity index (χ0) is 10.0. The molecule has 0 aliphatic rings. The van der Waals surface area contributed by atoms with Crippen LogP contribution in [0.1, 0.15) is 17.3 Å². The van der Waals surface area contributed by atoms with Gasteiger partial charge in [-0.05, 0) is 25.1 Å². The van der Waals surface area contributed by atoms with Gasteiger partial charge in [0.1, 0.15) is 11.5 Å². The van der Waals surface area contributed by atoms with Crippen molar-refractivity contribution < 1.29 is 15.0 Å². The average molecular weight is 181 g/mol. The normalized spacial score (nSPS) is 12.5. The van der Waals surface area contributed by atoms with Gasteiger partial charge >= 0.3 is 0 Å². The molecule has 1 aromatic rings. The fourth-order valence-electron chi connectivity index (χ4n) is 0.967. The first kappa shape index (κ1) is 9.54. The smallest absolute Gasteiger partial charge is 0.183 e. The van der Waals surface area contributed by atoms with Crippen LogP contribution in [0, 0.1) is 0 Å². The van der Waals surface area contributed by atoms with Crippen LogP contribution in [0.2, 0.25) is 0 Å². The van der Waals surface area contributed by atoms with E-state index >= 15 is 0 Å². The van der Waals surface area contributed by atoms with Crippen molar-refractivity contribution in [3.63, 3.8) is 0 Å². The number of rotatable bonds is 2. The van der Waals surface area contributed by atoms with Crippen molar-refractivity contribution in [1.82, 2.24) is 0 Å². The summed E-state index contributed by atoms with van der Waals surface area (Å²) in [4.78, 5) is 11.3. The molecule has 0 fully saturated rings. The summed E-state index contributed by atoms with van der Waals surface area (Å²) in [6, 6.07) is 3.06. The van der Waals surface area contributed by atoms with Gasteiger partial charge in [-0.25, -0.2) is 0 Å². The largest absolute Gasteiger partial charge is 0.508 e. The molecule has 0 radical (unpaired) electrons. The highest BCUT2D eigenvalue weighted by Crippen LogP contribution is 2.22. The summed E-state index contributed by atoms with van der Waals surface area (Å²) in [7, 11) is 0. The van der Waals surface area contributed by atoms with Crippen LogP contribution >= 0.6 is 0 Å². The molecule has 70 valence electrons. The van der Waals surface area contributed by atoms with E-state index in [1.54, 1.807) is 0 Å². The third kappa shape index (κ3) is 1.97. The summed E-state index contributed by atoms with van der Waals surface area (Å²) < 4.78 is 0. The summed E-state index contributed by atoms with van der Waals surface area (Å²) in [5, 5.41) is 18.3. The van der Waals surface area contributed by atoms with E-state index in [9.17, 15) is 9.90 Å². The van der Waals surface area contributed by atoms with E-state index < -0.39 is 11.8 Å². The standard InChI is InChI=1S/C9H11NO3/c1-5(10)9(13)7-4-6(11)2-3-8(7)12/h2-5,11-12H,10H2,1H3. The Hall–Kier alpha value is -1.55. The number of hydrogen-bond donors (Lipinski definition) is 3. The van der Waals surface area contributed by atoms with E-state index in [1.165, 1.54) is 25.1 Å². The van der Waals surface area contributed by atoms with Gasteiger partial charge < -0.3 is 15.9 Å². The average Bonchev–Trinajstić information content (AvgIpc) is 2.08. The van der Waals surface area contributed by atoms with Crippen LogP contribution in [-0.4, -0.2) is 22.0 Å². The van der Waals surface area contributed by atoms with Crippen molar-refractivity contribution >= 4 is 5.78 Å². The Morgan fingerprint density at radius 2 is 2.08 bits per heavy atom. The second kappa shape index (κ2) is 3.45. The third-order valence-electron chi connectivity index (χ3n) is 1.66. The van der Waals surface area contributed by atoms with Gasteiger partial charge in [0.15, 0.2) is 5.78 Å². The van der Waals surface area contributed by atoms with Crippen LogP contribution in [0.15, 0.2) is 18.2 Å². The second-order valence-electron chi connectivity index (χ2n) is 2.85. The van der Waals surface area contributed by atoms with Crippen LogP contribution < -0.4 is 5.73 Å². The Morgan fingerprint density at radius 3 is 2.62 bits per heavy atom. The van der Waals surface area contributed by atoms with Crippen molar-refractivity contribution in [2.75, 3.05) is 0 Å². The van der Waals surface area contributed by atoms with Crippen molar-refractivity contribution in [2.24, 2.45) is 5.73 Å². The SMILES string of the molecule is CC(N)C(=O)c1cc(O)ccc1O. The van der Waals surface area contributed by atoms with E-state index in [-0.39, 0.29) is 17.1 Å². The first-order valence-corrected chi connectivity index (χ1v) is 3.84. The molecule has 1 rings (SSSR count). The molecule has 1 atom stereocenters. The number of hydrogen-bond acceptors (Lipinski definition) is 4. The van der Waals surface area contributed by atoms with Crippen molar-refractivity contribution in [1.29, 1.82) is 0 Å². The molecule has 0 saturated heterocycles. The Kier molecular flexibility index (Phi) is 2.53. The predicted molar refractivity (Wildman–Crippen MR) is 47.8 cm³/mol. The summed E-state index contributed by atoms with van der Waals surface area (Å²) in [6.45, 7) is 1.52. The van der Waals surface area contributed by atoms with Crippen molar-refractivity contribution in [3.05, 3.63) is 23.8 Å². The number of phenols is 2. The third-order valence-corrected chi connectivity index (χ3v) is 1.66. The summed E-state index contributed by atoms with van der Waals surface area (Å²) in [5.41, 5.74) is 5.40. The van der Waals surface area contributed by atoms with Crippen LogP contribution in [0.4, 0.5) is 0 Å². The lowest BCUT2D eigenvalue weighted by Gasteiger charge is -2.06. The molecule has 0 spiro atoms. The molecule has 0 amide bonds. The van der Waals surface area contributed by atoms with Gasteiger partial charge in [-0.3, -0.25) is 4.79 Å². The molecule has 4 N–H and O–H groups in total. The van der Waals surface area contributed by atoms with Crippen LogP contribution in [-0.2, 0) is 0 Å². The minimum atomic E-state index is -0.687. The van der Waals surface area contributed by atoms with E-state index in [4.69, 9.17) is 10.8 Å². The summed E-state index contributed by atoms with van der Waals surface area (Å²) >= 11 is 0. The lowest BCUT2D eigenvalue weighted by atomic mass is 10.0. The number of phenolic OH excluding ortho intramolecular Hbond substituents is 2. The number of aromatic hydroxyl groups is 2. The van der Waals surface area contributed by atoms with Gasteiger partial charge in [-0.15, -0.1) is 0 Å². The first-order valence-electron chi connectivity index (χ1n) is 3.84. The monoisotopic (exact) mass is 181 g/mol. The Bertz CT molecular complexity index is 334. The van der Waals surface area contributed by atoms with Crippen LogP contribution in [0.25, 0.3) is 0 Å². The Balaban J connectivity index is 3.13. The lowest BCUT2D eigenvalue weighted by Crippen LogP contribution is -2.26. The molecule has 1 unspecified atom stereocenters. The van der Waals surface area contributed by atoms with Crippen LogP contribution in [0.5, 0.6) is 11.5 Å². The molecule has 4 nitrogen and oxygen atoms in total. The molecular weight excluding hydrogens is 170 g/mol. The fraction of sp³-hybridized carbons (Fsp3) is 0.222. The molecule has 1 aromatic carbocycles. The van der Waals surface area contributed by atoms with E-state index in [0.717, 1.165) is 0 Å². The molecule has 0 aliphatic heterocycles. The Labute approximate surface area is 75.6 Å². The van der Waals surface area contributed by atoms with Crippen molar-refractivity contribution in [3.8, 4) is 11.5 Å². The zero-order valence-corrected chi connectivity index (χ0v) is 7.19. The minimum absolute atomic E-state index is 0.0509. The van der Waals surface area contributed by atoms with Gasteiger partial charge in [-0.2, -0.15) is 0 Å². The van der Waals surface area contributed by atoms with Crippen molar-refractivity contribution in [2.45, 2.75) is 13.0 Å². The number of ketones is 1. The molecule has 0 aromatic heterocycles. The molecule has 0 heterocycles. The number of nitrogens with two attached hydrogens (primary N) is 1. The maximum atomic E-state index is 11.3. The van der Waals surface area contributed by atoms with E-state index in [0.29, 0.717) is 0 Å². The zero-order valence-electron chi connectivity index (χ0n) is 7.19. The summed E-state index contributed by atoms with van der Waals surface area (Å²) in [6.07, 6.45) is 0. The molecule has 0 aliphatic carbocycles. The van der Waals surface area contributed by atoms with E-state index in [2.05, 4.69) is 0 Å². The highest BCUT2D eigenvalue weighted by molar-refractivity contribution is 6.02. The predicted octanol–water partition coefficient (Wildman–Crippen LogP) is 0.628. The molecule has 13 heavy (non-hydrogen) atoms. The van der Waals surface area contributed by atoms with Gasteiger partial charge in [-0.1, -0.05) is 0 Å².